The summed E-state index contributed by atoms with van der Waals surface area (Å²) < 4.78 is 21.0. The van der Waals surface area contributed by atoms with Crippen molar-refractivity contribution in [1.82, 2.24) is 0 Å². The van der Waals surface area contributed by atoms with E-state index in [4.69, 9.17) is 42.8 Å². The lowest BCUT2D eigenvalue weighted by molar-refractivity contribution is -0.284. The third-order valence-electron chi connectivity index (χ3n) is 3.26. The van der Waals surface area contributed by atoms with Crippen molar-refractivity contribution in [2.24, 2.45) is 0 Å². The van der Waals surface area contributed by atoms with Crippen molar-refractivity contribution >= 4 is 29.1 Å². The third kappa shape index (κ3) is 4.07. The van der Waals surface area contributed by atoms with Gasteiger partial charge in [-0.15, -0.1) is 0 Å². The van der Waals surface area contributed by atoms with E-state index in [1.54, 1.807) is 31.2 Å². The van der Waals surface area contributed by atoms with Gasteiger partial charge < -0.3 is 29.2 Å². The van der Waals surface area contributed by atoms with Crippen LogP contribution in [0.5, 0.6) is 5.75 Å². The van der Waals surface area contributed by atoms with Crippen molar-refractivity contribution in [3.8, 4) is 5.75 Å². The molecule has 1 heterocycles. The first kappa shape index (κ1) is 17.4. The second kappa shape index (κ2) is 7.54. The number of aliphatic hydroxyl groups excluding tert-OH is 2. The molecule has 0 saturated carbocycles. The molecular formula is C14H17ClO6S. The maximum Gasteiger partial charge on any atom is 0.358 e. The number of hydrogen-bond donors (Lipinski definition) is 2. The molecule has 6 nitrogen and oxygen atoms in total. The first-order valence-corrected chi connectivity index (χ1v) is 7.39. The Morgan fingerprint density at radius 3 is 2.45 bits per heavy atom. The monoisotopic (exact) mass is 348 g/mol. The van der Waals surface area contributed by atoms with Gasteiger partial charge in [-0.2, -0.15) is 0 Å². The molecule has 1 saturated heterocycles. The fraction of sp³-hybridized carbons (Fsp3) is 0.500. The first-order valence-electron chi connectivity index (χ1n) is 6.60. The summed E-state index contributed by atoms with van der Waals surface area (Å²) in [5.41, 5.74) is 0. The number of thiocarbonyl (C=S) groups is 1. The van der Waals surface area contributed by atoms with Crippen LogP contribution in [-0.2, 0) is 14.2 Å². The molecular weight excluding hydrogens is 332 g/mol. The number of aliphatic hydroxyl groups is 2. The highest BCUT2D eigenvalue weighted by Crippen LogP contribution is 2.25. The molecule has 1 aromatic rings. The summed E-state index contributed by atoms with van der Waals surface area (Å²) in [5, 5.41) is 20.5. The van der Waals surface area contributed by atoms with Gasteiger partial charge in [-0.05, 0) is 31.2 Å². The minimum Gasteiger partial charge on any atom is -0.447 e. The molecule has 0 bridgehead atoms. The molecule has 2 N–H and O–H groups in total. The Balaban J connectivity index is 2.00. The van der Waals surface area contributed by atoms with E-state index in [1.807, 2.05) is 0 Å². The van der Waals surface area contributed by atoms with E-state index in [-0.39, 0.29) is 5.24 Å². The van der Waals surface area contributed by atoms with Crippen molar-refractivity contribution < 1.29 is 29.2 Å². The Morgan fingerprint density at radius 2 is 1.86 bits per heavy atom. The van der Waals surface area contributed by atoms with E-state index in [1.165, 1.54) is 7.11 Å². The van der Waals surface area contributed by atoms with Gasteiger partial charge >= 0.3 is 5.24 Å². The lowest BCUT2D eigenvalue weighted by Crippen LogP contribution is -2.58. The van der Waals surface area contributed by atoms with E-state index < -0.39 is 30.7 Å². The van der Waals surface area contributed by atoms with Crippen LogP contribution < -0.4 is 4.74 Å². The van der Waals surface area contributed by atoms with Crippen LogP contribution in [0.4, 0.5) is 0 Å². The van der Waals surface area contributed by atoms with Gasteiger partial charge in [-0.25, -0.2) is 0 Å². The minimum absolute atomic E-state index is 0.227. The molecule has 122 valence electrons. The van der Waals surface area contributed by atoms with Crippen molar-refractivity contribution in [3.63, 3.8) is 0 Å². The van der Waals surface area contributed by atoms with Crippen LogP contribution in [0.1, 0.15) is 6.92 Å². The zero-order valence-corrected chi connectivity index (χ0v) is 13.6. The Kier molecular flexibility index (Phi) is 5.96. The van der Waals surface area contributed by atoms with Gasteiger partial charge in [0.15, 0.2) is 12.4 Å². The van der Waals surface area contributed by atoms with Crippen LogP contribution >= 0.6 is 23.8 Å². The molecule has 1 fully saturated rings. The topological polar surface area (TPSA) is 77.4 Å². The molecule has 2 rings (SSSR count). The zero-order chi connectivity index (χ0) is 16.3. The van der Waals surface area contributed by atoms with Gasteiger partial charge in [0, 0.05) is 24.4 Å². The number of methoxy groups -OCH3 is 1. The number of halogens is 1. The van der Waals surface area contributed by atoms with Crippen molar-refractivity contribution in [2.45, 2.75) is 37.6 Å². The Labute approximate surface area is 138 Å². The SMILES string of the molecule is CO[C@H]1O[C@@H](C)[C@@H](O)[C@@H](OC(=S)Oc2ccc(Cl)cc2)[C@@H]1O. The molecule has 1 aliphatic rings. The highest BCUT2D eigenvalue weighted by Gasteiger charge is 2.45. The first-order chi connectivity index (χ1) is 10.4. The fourth-order valence-electron chi connectivity index (χ4n) is 2.06. The van der Waals surface area contributed by atoms with Crippen molar-refractivity contribution in [2.75, 3.05) is 7.11 Å². The molecule has 0 unspecified atom stereocenters. The quantitative estimate of drug-likeness (QED) is 0.801. The molecule has 0 amide bonds. The summed E-state index contributed by atoms with van der Waals surface area (Å²) in [7, 11) is 1.39. The zero-order valence-electron chi connectivity index (χ0n) is 12.0. The van der Waals surface area contributed by atoms with E-state index >= 15 is 0 Å². The van der Waals surface area contributed by atoms with Crippen LogP contribution in [-0.4, -0.2) is 53.3 Å². The van der Waals surface area contributed by atoms with Crippen LogP contribution in [0, 0.1) is 0 Å². The smallest absolute Gasteiger partial charge is 0.358 e. The highest BCUT2D eigenvalue weighted by molar-refractivity contribution is 7.79. The molecule has 8 heteroatoms. The Bertz CT molecular complexity index is 511. The maximum absolute atomic E-state index is 10.1. The summed E-state index contributed by atoms with van der Waals surface area (Å²) in [4.78, 5) is 0. The molecule has 22 heavy (non-hydrogen) atoms. The number of rotatable bonds is 3. The molecule has 1 aliphatic heterocycles. The number of ether oxygens (including phenoxy) is 4. The second-order valence-electron chi connectivity index (χ2n) is 4.81. The van der Waals surface area contributed by atoms with Crippen molar-refractivity contribution in [3.05, 3.63) is 29.3 Å². The molecule has 1 aromatic carbocycles. The standard InChI is InChI=1S/C14H17ClO6S/c1-7-10(16)12(11(17)13(18-2)19-7)21-14(22)20-9-5-3-8(15)4-6-9/h3-7,10-13,16-17H,1-2H3/t7-,10+,11-,12+,13-/m0/s1. The van der Waals surface area contributed by atoms with Gasteiger partial charge in [0.25, 0.3) is 0 Å². The van der Waals surface area contributed by atoms with Gasteiger partial charge in [0.2, 0.25) is 0 Å². The van der Waals surface area contributed by atoms with Crippen LogP contribution in [0.25, 0.3) is 0 Å². The van der Waals surface area contributed by atoms with Gasteiger partial charge in [-0.3, -0.25) is 0 Å². The summed E-state index contributed by atoms with van der Waals surface area (Å²) in [6.45, 7) is 1.64. The molecule has 0 radical (unpaired) electrons. The van der Waals surface area contributed by atoms with E-state index in [2.05, 4.69) is 0 Å². The minimum atomic E-state index is -1.21. The molecule has 0 aliphatic carbocycles. The number of benzene rings is 1. The van der Waals surface area contributed by atoms with Crippen LogP contribution in [0.2, 0.25) is 5.02 Å². The maximum atomic E-state index is 10.1. The Morgan fingerprint density at radius 1 is 1.23 bits per heavy atom. The van der Waals surface area contributed by atoms with E-state index in [0.29, 0.717) is 10.8 Å². The second-order valence-corrected chi connectivity index (χ2v) is 5.58. The molecule has 0 aromatic heterocycles. The normalized spacial score (nSPS) is 31.6. The number of hydrogen-bond acceptors (Lipinski definition) is 7. The lowest BCUT2D eigenvalue weighted by Gasteiger charge is -2.40. The van der Waals surface area contributed by atoms with Crippen LogP contribution in [0.3, 0.4) is 0 Å². The summed E-state index contributed by atoms with van der Waals surface area (Å²) in [5.74, 6) is 0.432. The van der Waals surface area contributed by atoms with E-state index in [0.717, 1.165) is 0 Å². The fourth-order valence-corrected chi connectivity index (χ4v) is 2.40. The average molecular weight is 349 g/mol. The van der Waals surface area contributed by atoms with Gasteiger partial charge in [0.1, 0.15) is 18.0 Å². The lowest BCUT2D eigenvalue weighted by atomic mass is 10.00. The van der Waals surface area contributed by atoms with E-state index in [9.17, 15) is 10.2 Å². The molecule has 5 atom stereocenters. The van der Waals surface area contributed by atoms with Gasteiger partial charge in [0.05, 0.1) is 6.10 Å². The predicted octanol–water partition coefficient (Wildman–Crippen LogP) is 1.50. The summed E-state index contributed by atoms with van der Waals surface area (Å²) >= 11 is 10.8. The third-order valence-corrected chi connectivity index (χ3v) is 3.69. The average Bonchev–Trinajstić information content (AvgIpc) is 2.49. The molecule has 0 spiro atoms. The van der Waals surface area contributed by atoms with Crippen molar-refractivity contribution in [1.29, 1.82) is 0 Å². The highest BCUT2D eigenvalue weighted by atomic mass is 35.5. The Hall–Kier alpha value is -0.960. The summed E-state index contributed by atoms with van der Waals surface area (Å²) in [6.07, 6.45) is -4.80. The van der Waals surface area contributed by atoms with Crippen LogP contribution in [0.15, 0.2) is 24.3 Å². The largest absolute Gasteiger partial charge is 0.447 e. The summed E-state index contributed by atoms with van der Waals surface area (Å²) in [6, 6.07) is 6.52. The van der Waals surface area contributed by atoms with Gasteiger partial charge in [-0.1, -0.05) is 11.6 Å². The predicted molar refractivity (Wildman–Crippen MR) is 82.9 cm³/mol.